The Morgan fingerprint density at radius 1 is 1.20 bits per heavy atom. The Kier molecular flexibility index (Phi) is 4.52. The number of carbonyl (C=O) groups excluding carboxylic acids is 2. The summed E-state index contributed by atoms with van der Waals surface area (Å²) in [6, 6.07) is 7.46. The molecule has 9 heteroatoms. The van der Waals surface area contributed by atoms with Crippen molar-refractivity contribution in [2.45, 2.75) is 0 Å². The molecular weight excluding hydrogens is 371 g/mol. The zero-order valence-electron chi connectivity index (χ0n) is 12.5. The van der Waals surface area contributed by atoms with Crippen LogP contribution in [0.1, 0.15) is 5.76 Å². The third-order valence-corrected chi connectivity index (χ3v) is 4.11. The van der Waals surface area contributed by atoms with Crippen LogP contribution in [-0.2, 0) is 9.59 Å². The van der Waals surface area contributed by atoms with Gasteiger partial charge in [-0.05, 0) is 30.3 Å². The summed E-state index contributed by atoms with van der Waals surface area (Å²) in [6.07, 6.45) is 1.32. The second-order valence-corrected chi connectivity index (χ2v) is 5.92. The zero-order valence-corrected chi connectivity index (χ0v) is 14.0. The van der Waals surface area contributed by atoms with Gasteiger partial charge in [-0.1, -0.05) is 23.2 Å². The SMILES string of the molecule is O=C(O)CN1C(=O)N/C(=C/c2ccc(-c3ccc(Cl)c(Cl)c3)o2)C1=O. The molecular formula is C16H10Cl2N2O5. The molecule has 1 aromatic carbocycles. The summed E-state index contributed by atoms with van der Waals surface area (Å²) in [5, 5.41) is 11.8. The van der Waals surface area contributed by atoms with Crippen LogP contribution in [0, 0.1) is 0 Å². The molecule has 0 aliphatic carbocycles. The molecule has 3 amide bonds. The van der Waals surface area contributed by atoms with E-state index in [-0.39, 0.29) is 5.70 Å². The first-order chi connectivity index (χ1) is 11.8. The van der Waals surface area contributed by atoms with Gasteiger partial charge < -0.3 is 14.8 Å². The summed E-state index contributed by atoms with van der Waals surface area (Å²) < 4.78 is 5.61. The standard InChI is InChI=1S/C16H10Cl2N2O5/c17-10-3-1-8(5-11(10)18)13-4-2-9(25-13)6-12-15(23)20(7-14(21)22)16(24)19-12/h1-6H,7H2,(H,19,24)(H,21,22)/b12-6+. The van der Waals surface area contributed by atoms with Gasteiger partial charge in [0, 0.05) is 11.6 Å². The Hall–Kier alpha value is -2.77. The number of rotatable bonds is 4. The maximum Gasteiger partial charge on any atom is 0.329 e. The molecule has 1 aliphatic rings. The monoisotopic (exact) mass is 380 g/mol. The summed E-state index contributed by atoms with van der Waals surface area (Å²) in [6.45, 7) is -0.714. The summed E-state index contributed by atoms with van der Waals surface area (Å²) in [5.74, 6) is -1.23. The van der Waals surface area contributed by atoms with Gasteiger partial charge in [0.25, 0.3) is 5.91 Å². The van der Waals surface area contributed by atoms with Crippen molar-refractivity contribution in [1.82, 2.24) is 10.2 Å². The average molecular weight is 381 g/mol. The molecule has 3 rings (SSSR count). The molecule has 0 saturated carbocycles. The highest BCUT2D eigenvalue weighted by Gasteiger charge is 2.35. The van der Waals surface area contributed by atoms with Crippen molar-refractivity contribution in [2.24, 2.45) is 0 Å². The number of carboxylic acids is 1. The number of furan rings is 1. The Morgan fingerprint density at radius 3 is 2.64 bits per heavy atom. The van der Waals surface area contributed by atoms with E-state index in [1.165, 1.54) is 6.08 Å². The lowest BCUT2D eigenvalue weighted by Gasteiger charge is -2.06. The van der Waals surface area contributed by atoms with E-state index in [0.717, 1.165) is 0 Å². The Balaban J connectivity index is 1.84. The molecule has 0 bridgehead atoms. The van der Waals surface area contributed by atoms with Gasteiger partial charge in [0.05, 0.1) is 10.0 Å². The lowest BCUT2D eigenvalue weighted by Crippen LogP contribution is -2.35. The van der Waals surface area contributed by atoms with E-state index in [2.05, 4.69) is 5.32 Å². The number of nitrogens with zero attached hydrogens (tertiary/aromatic N) is 1. The van der Waals surface area contributed by atoms with Gasteiger partial charge in [0.2, 0.25) is 0 Å². The van der Waals surface area contributed by atoms with Crippen LogP contribution in [0.3, 0.4) is 0 Å². The number of amides is 3. The van der Waals surface area contributed by atoms with E-state index < -0.39 is 24.5 Å². The first-order valence-electron chi connectivity index (χ1n) is 6.97. The number of hydrogen-bond donors (Lipinski definition) is 2. The fraction of sp³-hybridized carbons (Fsp3) is 0.0625. The third-order valence-electron chi connectivity index (χ3n) is 3.37. The van der Waals surface area contributed by atoms with Crippen molar-refractivity contribution in [3.63, 3.8) is 0 Å². The molecule has 2 heterocycles. The van der Waals surface area contributed by atoms with E-state index >= 15 is 0 Å². The second-order valence-electron chi connectivity index (χ2n) is 5.10. The van der Waals surface area contributed by atoms with E-state index in [4.69, 9.17) is 32.7 Å². The molecule has 7 nitrogen and oxygen atoms in total. The van der Waals surface area contributed by atoms with Crippen LogP contribution >= 0.6 is 23.2 Å². The number of halogens is 2. The number of carbonyl (C=O) groups is 3. The minimum atomic E-state index is -1.29. The highest BCUT2D eigenvalue weighted by molar-refractivity contribution is 6.42. The van der Waals surface area contributed by atoms with Crippen molar-refractivity contribution in [3.8, 4) is 11.3 Å². The highest BCUT2D eigenvalue weighted by atomic mass is 35.5. The largest absolute Gasteiger partial charge is 0.480 e. The van der Waals surface area contributed by atoms with Crippen LogP contribution < -0.4 is 5.32 Å². The minimum absolute atomic E-state index is 0.0683. The topological polar surface area (TPSA) is 99.8 Å². The van der Waals surface area contributed by atoms with Crippen LogP contribution in [0.15, 0.2) is 40.4 Å². The molecule has 0 atom stereocenters. The van der Waals surface area contributed by atoms with Gasteiger partial charge in [0.1, 0.15) is 23.8 Å². The van der Waals surface area contributed by atoms with E-state index in [0.29, 0.717) is 32.0 Å². The van der Waals surface area contributed by atoms with Crippen molar-refractivity contribution in [3.05, 3.63) is 51.8 Å². The molecule has 1 aliphatic heterocycles. The van der Waals surface area contributed by atoms with Gasteiger partial charge >= 0.3 is 12.0 Å². The maximum absolute atomic E-state index is 12.1. The van der Waals surface area contributed by atoms with Crippen molar-refractivity contribution in [2.75, 3.05) is 6.54 Å². The lowest BCUT2D eigenvalue weighted by atomic mass is 10.2. The zero-order chi connectivity index (χ0) is 18.1. The first-order valence-corrected chi connectivity index (χ1v) is 7.72. The van der Waals surface area contributed by atoms with Crippen molar-refractivity contribution < 1.29 is 23.9 Å². The van der Waals surface area contributed by atoms with Gasteiger partial charge in [-0.25, -0.2) is 9.69 Å². The summed E-state index contributed by atoms with van der Waals surface area (Å²) in [4.78, 5) is 35.0. The van der Waals surface area contributed by atoms with E-state index in [9.17, 15) is 14.4 Å². The molecule has 0 unspecified atom stereocenters. The van der Waals surface area contributed by atoms with Gasteiger partial charge in [-0.3, -0.25) is 9.59 Å². The maximum atomic E-state index is 12.1. The molecule has 25 heavy (non-hydrogen) atoms. The predicted molar refractivity (Wildman–Crippen MR) is 90.0 cm³/mol. The van der Waals surface area contributed by atoms with Crippen LogP contribution in [0.4, 0.5) is 4.79 Å². The summed E-state index contributed by atoms with van der Waals surface area (Å²) in [5.41, 5.74) is 0.620. The lowest BCUT2D eigenvalue weighted by molar-refractivity contribution is -0.140. The van der Waals surface area contributed by atoms with E-state index in [1.807, 2.05) is 0 Å². The second kappa shape index (κ2) is 6.62. The van der Waals surface area contributed by atoms with Crippen LogP contribution in [0.2, 0.25) is 10.0 Å². The molecule has 2 aromatic rings. The fourth-order valence-electron chi connectivity index (χ4n) is 2.23. The Labute approximate surface area is 151 Å². The quantitative estimate of drug-likeness (QED) is 0.626. The number of nitrogens with one attached hydrogen (secondary N) is 1. The van der Waals surface area contributed by atoms with Gasteiger partial charge in [-0.2, -0.15) is 0 Å². The average Bonchev–Trinajstić information content (AvgIpc) is 3.11. The molecule has 1 saturated heterocycles. The number of benzene rings is 1. The Morgan fingerprint density at radius 2 is 1.96 bits per heavy atom. The van der Waals surface area contributed by atoms with Gasteiger partial charge in [0.15, 0.2) is 0 Å². The number of carboxylic acid groups (broad SMARTS) is 1. The van der Waals surface area contributed by atoms with Crippen molar-refractivity contribution in [1.29, 1.82) is 0 Å². The van der Waals surface area contributed by atoms with E-state index in [1.54, 1.807) is 30.3 Å². The first kappa shape index (κ1) is 17.1. The van der Waals surface area contributed by atoms with Crippen LogP contribution in [-0.4, -0.2) is 34.5 Å². The highest BCUT2D eigenvalue weighted by Crippen LogP contribution is 2.30. The Bertz CT molecular complexity index is 919. The molecule has 1 aromatic heterocycles. The number of urea groups is 1. The molecule has 2 N–H and O–H groups in total. The summed E-state index contributed by atoms with van der Waals surface area (Å²) >= 11 is 11.8. The number of imide groups is 1. The molecule has 128 valence electrons. The summed E-state index contributed by atoms with van der Waals surface area (Å²) in [7, 11) is 0. The predicted octanol–water partition coefficient (Wildman–Crippen LogP) is 3.23. The minimum Gasteiger partial charge on any atom is -0.480 e. The molecule has 0 spiro atoms. The molecule has 0 radical (unpaired) electrons. The normalized spacial score (nSPS) is 15.8. The van der Waals surface area contributed by atoms with Crippen LogP contribution in [0.25, 0.3) is 17.4 Å². The smallest absolute Gasteiger partial charge is 0.329 e. The van der Waals surface area contributed by atoms with Gasteiger partial charge in [-0.15, -0.1) is 0 Å². The van der Waals surface area contributed by atoms with Crippen LogP contribution in [0.5, 0.6) is 0 Å². The number of hydrogen-bond acceptors (Lipinski definition) is 4. The third kappa shape index (κ3) is 3.52. The van der Waals surface area contributed by atoms with Crippen molar-refractivity contribution >= 4 is 47.2 Å². The number of aliphatic carboxylic acids is 1. The fourth-order valence-corrected chi connectivity index (χ4v) is 2.53. The molecule has 1 fully saturated rings.